The highest BCUT2D eigenvalue weighted by Crippen LogP contribution is 2.19. The van der Waals surface area contributed by atoms with Gasteiger partial charge in [-0.2, -0.15) is 0 Å². The van der Waals surface area contributed by atoms with Crippen molar-refractivity contribution in [2.24, 2.45) is 5.73 Å². The van der Waals surface area contributed by atoms with E-state index in [0.717, 1.165) is 30.6 Å². The van der Waals surface area contributed by atoms with Gasteiger partial charge in [0.05, 0.1) is 0 Å². The molecule has 6 heteroatoms. The first-order valence-corrected chi connectivity index (χ1v) is 19.3. The second kappa shape index (κ2) is 32.9. The number of hydrogen-bond acceptors (Lipinski definition) is 4. The van der Waals surface area contributed by atoms with Crippen LogP contribution in [-0.4, -0.2) is 40.4 Å². The fourth-order valence-corrected chi connectivity index (χ4v) is 6.16. The Labute approximate surface area is 273 Å². The number of nitrogens with zero attached hydrogens (tertiary/aromatic N) is 1. The number of aliphatic carboxylic acids is 1. The molecule has 0 bridgehead atoms. The van der Waals surface area contributed by atoms with Crippen molar-refractivity contribution in [3.8, 4) is 0 Å². The van der Waals surface area contributed by atoms with Crippen molar-refractivity contribution in [2.45, 2.75) is 219 Å². The molecule has 0 fully saturated rings. The second-order valence-electron chi connectivity index (χ2n) is 13.3. The summed E-state index contributed by atoms with van der Waals surface area (Å²) >= 11 is 0. The standard InChI is InChI=1S/C38H74N2O4/c1-3-5-7-9-11-13-15-17-19-21-23-25-27-32-36(41)40(35(38(43)44)31-29-30-34-39)37(42)33-28-26-24-22-20-18-16-14-12-10-8-6-4-2/h35H,3-34,39H2,1-2H3,(H,43,44)/t35-/m0/s1. The topological polar surface area (TPSA) is 101 Å². The number of carbonyl (C=O) groups excluding carboxylic acids is 2. The van der Waals surface area contributed by atoms with E-state index in [0.29, 0.717) is 32.2 Å². The maximum atomic E-state index is 13.2. The van der Waals surface area contributed by atoms with Crippen molar-refractivity contribution >= 4 is 17.8 Å². The molecule has 6 nitrogen and oxygen atoms in total. The summed E-state index contributed by atoms with van der Waals surface area (Å²) in [6.45, 7) is 4.99. The molecule has 0 aromatic rings. The van der Waals surface area contributed by atoms with Crippen LogP contribution in [0.5, 0.6) is 0 Å². The lowest BCUT2D eigenvalue weighted by molar-refractivity contribution is -0.158. The van der Waals surface area contributed by atoms with Crippen molar-refractivity contribution in [3.05, 3.63) is 0 Å². The molecule has 0 aliphatic rings. The molecule has 1 atom stereocenters. The zero-order valence-corrected chi connectivity index (χ0v) is 29.4. The summed E-state index contributed by atoms with van der Waals surface area (Å²) < 4.78 is 0. The molecule has 0 heterocycles. The number of hydrogen-bond donors (Lipinski definition) is 2. The molecule has 0 aliphatic heterocycles. The Bertz CT molecular complexity index is 627. The predicted octanol–water partition coefficient (Wildman–Crippen LogP) is 10.9. The van der Waals surface area contributed by atoms with Gasteiger partial charge in [0.2, 0.25) is 11.8 Å². The number of carboxylic acid groups (broad SMARTS) is 1. The minimum absolute atomic E-state index is 0.253. The maximum Gasteiger partial charge on any atom is 0.326 e. The van der Waals surface area contributed by atoms with Gasteiger partial charge in [0.15, 0.2) is 0 Å². The summed E-state index contributed by atoms with van der Waals surface area (Å²) in [5, 5.41) is 9.93. The van der Waals surface area contributed by atoms with Crippen LogP contribution in [0.2, 0.25) is 0 Å². The molecular formula is C38H74N2O4. The van der Waals surface area contributed by atoms with Gasteiger partial charge in [0.25, 0.3) is 0 Å². The molecule has 0 aromatic heterocycles. The van der Waals surface area contributed by atoms with E-state index in [2.05, 4.69) is 13.8 Å². The van der Waals surface area contributed by atoms with E-state index in [1.165, 1.54) is 128 Å². The van der Waals surface area contributed by atoms with Crippen LogP contribution in [0.4, 0.5) is 0 Å². The van der Waals surface area contributed by atoms with Crippen LogP contribution in [-0.2, 0) is 14.4 Å². The third kappa shape index (κ3) is 25.9. The van der Waals surface area contributed by atoms with E-state index in [9.17, 15) is 19.5 Å². The van der Waals surface area contributed by atoms with E-state index in [4.69, 9.17) is 5.73 Å². The third-order valence-electron chi connectivity index (χ3n) is 9.05. The van der Waals surface area contributed by atoms with E-state index in [-0.39, 0.29) is 31.1 Å². The van der Waals surface area contributed by atoms with Gasteiger partial charge in [-0.05, 0) is 38.6 Å². The Hall–Kier alpha value is -1.43. The van der Waals surface area contributed by atoms with Crippen molar-refractivity contribution in [1.29, 1.82) is 0 Å². The number of unbranched alkanes of at least 4 members (excludes halogenated alkanes) is 25. The highest BCUT2D eigenvalue weighted by atomic mass is 16.4. The minimum Gasteiger partial charge on any atom is -0.480 e. The van der Waals surface area contributed by atoms with Gasteiger partial charge in [-0.3, -0.25) is 14.5 Å². The number of carboxylic acids is 1. The zero-order valence-electron chi connectivity index (χ0n) is 29.4. The predicted molar refractivity (Wildman–Crippen MR) is 187 cm³/mol. The molecule has 260 valence electrons. The summed E-state index contributed by atoms with van der Waals surface area (Å²) in [5.41, 5.74) is 5.62. The smallest absolute Gasteiger partial charge is 0.326 e. The first-order chi connectivity index (χ1) is 21.5. The number of carbonyl (C=O) groups is 3. The van der Waals surface area contributed by atoms with Crippen LogP contribution in [0.15, 0.2) is 0 Å². The second-order valence-corrected chi connectivity index (χ2v) is 13.3. The Morgan fingerprint density at radius 3 is 1.05 bits per heavy atom. The zero-order chi connectivity index (χ0) is 32.5. The van der Waals surface area contributed by atoms with Crippen LogP contribution in [0.25, 0.3) is 0 Å². The molecule has 0 saturated heterocycles. The van der Waals surface area contributed by atoms with Crippen LogP contribution in [0.3, 0.4) is 0 Å². The van der Waals surface area contributed by atoms with E-state index in [1.807, 2.05) is 0 Å². The Kier molecular flexibility index (Phi) is 31.9. The highest BCUT2D eigenvalue weighted by Gasteiger charge is 2.33. The molecule has 0 unspecified atom stereocenters. The van der Waals surface area contributed by atoms with Gasteiger partial charge >= 0.3 is 5.97 Å². The number of rotatable bonds is 34. The Morgan fingerprint density at radius 1 is 0.477 bits per heavy atom. The molecule has 0 aromatic carbocycles. The normalized spacial score (nSPS) is 12.0. The van der Waals surface area contributed by atoms with Gasteiger partial charge < -0.3 is 10.8 Å². The number of amides is 2. The fraction of sp³-hybridized carbons (Fsp3) is 0.921. The van der Waals surface area contributed by atoms with E-state index < -0.39 is 12.0 Å². The van der Waals surface area contributed by atoms with Crippen LogP contribution >= 0.6 is 0 Å². The average Bonchev–Trinajstić information content (AvgIpc) is 3.01. The average molecular weight is 623 g/mol. The van der Waals surface area contributed by atoms with Gasteiger partial charge in [0.1, 0.15) is 6.04 Å². The largest absolute Gasteiger partial charge is 0.480 e. The van der Waals surface area contributed by atoms with Gasteiger partial charge in [-0.1, -0.05) is 168 Å². The quantitative estimate of drug-likeness (QED) is 0.0695. The molecule has 0 aliphatic carbocycles. The summed E-state index contributed by atoms with van der Waals surface area (Å²) in [4.78, 5) is 39.7. The summed E-state index contributed by atoms with van der Waals surface area (Å²) in [6.07, 6.45) is 33.9. The van der Waals surface area contributed by atoms with Crippen LogP contribution in [0.1, 0.15) is 213 Å². The summed E-state index contributed by atoms with van der Waals surface area (Å²) in [5.74, 6) is -1.71. The van der Waals surface area contributed by atoms with Crippen molar-refractivity contribution in [3.63, 3.8) is 0 Å². The van der Waals surface area contributed by atoms with Crippen LogP contribution < -0.4 is 5.73 Å². The SMILES string of the molecule is CCCCCCCCCCCCCCCC(=O)N(C(=O)CCCCCCCCCCCCCCC)[C@@H](CCCCN)C(=O)O. The number of imide groups is 1. The highest BCUT2D eigenvalue weighted by molar-refractivity contribution is 5.99. The lowest BCUT2D eigenvalue weighted by Crippen LogP contribution is -2.48. The molecule has 0 rings (SSSR count). The lowest BCUT2D eigenvalue weighted by Gasteiger charge is -2.27. The van der Waals surface area contributed by atoms with Crippen molar-refractivity contribution in [2.75, 3.05) is 6.54 Å². The molecule has 2 amide bonds. The van der Waals surface area contributed by atoms with Gasteiger partial charge in [-0.15, -0.1) is 0 Å². The van der Waals surface area contributed by atoms with Crippen LogP contribution in [0, 0.1) is 0 Å². The summed E-state index contributed by atoms with van der Waals surface area (Å²) in [6, 6.07) is -1.08. The monoisotopic (exact) mass is 623 g/mol. The third-order valence-corrected chi connectivity index (χ3v) is 9.05. The van der Waals surface area contributed by atoms with E-state index >= 15 is 0 Å². The molecule has 0 radical (unpaired) electrons. The van der Waals surface area contributed by atoms with Gasteiger partial charge in [-0.25, -0.2) is 4.79 Å². The number of nitrogens with two attached hydrogens (primary N) is 1. The molecule has 3 N–H and O–H groups in total. The van der Waals surface area contributed by atoms with Gasteiger partial charge in [0, 0.05) is 12.8 Å². The first-order valence-electron chi connectivity index (χ1n) is 19.3. The molecule has 0 spiro atoms. The molecular weight excluding hydrogens is 548 g/mol. The maximum absolute atomic E-state index is 13.2. The van der Waals surface area contributed by atoms with Crippen molar-refractivity contribution in [1.82, 2.24) is 4.90 Å². The first kappa shape index (κ1) is 42.6. The molecule has 44 heavy (non-hydrogen) atoms. The molecule has 0 saturated carbocycles. The van der Waals surface area contributed by atoms with E-state index in [1.54, 1.807) is 0 Å². The summed E-state index contributed by atoms with van der Waals surface area (Å²) in [7, 11) is 0. The fourth-order valence-electron chi connectivity index (χ4n) is 6.16. The lowest BCUT2D eigenvalue weighted by atomic mass is 10.0. The van der Waals surface area contributed by atoms with Crippen molar-refractivity contribution < 1.29 is 19.5 Å². The Balaban J connectivity index is 4.37. The minimum atomic E-state index is -1.08. The Morgan fingerprint density at radius 2 is 0.773 bits per heavy atom.